The van der Waals surface area contributed by atoms with Gasteiger partial charge in [0.05, 0.1) is 11.4 Å². The molecule has 0 spiro atoms. The monoisotopic (exact) mass is 365 g/mol. The van der Waals surface area contributed by atoms with Crippen LogP contribution in [0.25, 0.3) is 0 Å². The molecule has 6 nitrogen and oxygen atoms in total. The molecule has 2 aromatic rings. The first-order valence-corrected chi connectivity index (χ1v) is 9.70. The summed E-state index contributed by atoms with van der Waals surface area (Å²) in [4.78, 5) is 26.1. The number of benzene rings is 1. The van der Waals surface area contributed by atoms with Crippen molar-refractivity contribution in [2.75, 3.05) is 62.7 Å². The SMILES string of the molecule is CN1CCN(CCC(=O)N2CCN(c3ccncc3)c3ccccc32)CC1. The first-order valence-electron chi connectivity index (χ1n) is 9.70. The van der Waals surface area contributed by atoms with Crippen molar-refractivity contribution < 1.29 is 4.79 Å². The fraction of sp³-hybridized carbons (Fsp3) is 0.429. The normalized spacial score (nSPS) is 18.4. The number of para-hydroxylation sites is 2. The Labute approximate surface area is 161 Å². The van der Waals surface area contributed by atoms with Gasteiger partial charge in [-0.1, -0.05) is 12.1 Å². The molecule has 27 heavy (non-hydrogen) atoms. The summed E-state index contributed by atoms with van der Waals surface area (Å²) >= 11 is 0. The zero-order valence-electron chi connectivity index (χ0n) is 15.9. The zero-order valence-corrected chi connectivity index (χ0v) is 15.9. The van der Waals surface area contributed by atoms with Crippen molar-refractivity contribution in [3.05, 3.63) is 48.8 Å². The van der Waals surface area contributed by atoms with Crippen LogP contribution in [-0.2, 0) is 4.79 Å². The number of anilines is 3. The van der Waals surface area contributed by atoms with Crippen molar-refractivity contribution in [1.82, 2.24) is 14.8 Å². The van der Waals surface area contributed by atoms with E-state index in [0.29, 0.717) is 13.0 Å². The van der Waals surface area contributed by atoms with Crippen molar-refractivity contribution >= 4 is 23.0 Å². The Balaban J connectivity index is 1.46. The van der Waals surface area contributed by atoms with E-state index < -0.39 is 0 Å². The van der Waals surface area contributed by atoms with E-state index >= 15 is 0 Å². The molecule has 2 aliphatic heterocycles. The highest BCUT2D eigenvalue weighted by Gasteiger charge is 2.27. The lowest BCUT2D eigenvalue weighted by molar-refractivity contribution is -0.119. The number of fused-ring (bicyclic) bond motifs is 1. The molecule has 0 saturated carbocycles. The lowest BCUT2D eigenvalue weighted by atomic mass is 10.1. The molecule has 4 rings (SSSR count). The molecule has 0 unspecified atom stereocenters. The summed E-state index contributed by atoms with van der Waals surface area (Å²) in [6.07, 6.45) is 4.20. The second-order valence-electron chi connectivity index (χ2n) is 7.29. The topological polar surface area (TPSA) is 42.9 Å². The minimum absolute atomic E-state index is 0.218. The third kappa shape index (κ3) is 3.96. The second kappa shape index (κ2) is 8.06. The van der Waals surface area contributed by atoms with Crippen molar-refractivity contribution in [2.24, 2.45) is 0 Å². The Morgan fingerprint density at radius 2 is 1.63 bits per heavy atom. The maximum Gasteiger partial charge on any atom is 0.228 e. The van der Waals surface area contributed by atoms with Crippen molar-refractivity contribution in [3.63, 3.8) is 0 Å². The molecule has 1 aromatic carbocycles. The van der Waals surface area contributed by atoms with Gasteiger partial charge in [-0.05, 0) is 31.3 Å². The van der Waals surface area contributed by atoms with E-state index in [9.17, 15) is 4.79 Å². The van der Waals surface area contributed by atoms with Gasteiger partial charge in [-0.3, -0.25) is 9.78 Å². The van der Waals surface area contributed by atoms with Gasteiger partial charge in [0.25, 0.3) is 0 Å². The van der Waals surface area contributed by atoms with Crippen LogP contribution in [0.1, 0.15) is 6.42 Å². The highest BCUT2D eigenvalue weighted by Crippen LogP contribution is 2.37. The molecule has 142 valence electrons. The standard InChI is InChI=1S/C21H27N5O/c1-23-12-14-24(15-13-23)11-8-21(27)26-17-16-25(18-6-9-22-10-7-18)19-4-2-3-5-20(19)26/h2-7,9-10H,8,11-17H2,1H3. The maximum atomic E-state index is 13.0. The number of nitrogens with zero attached hydrogens (tertiary/aromatic N) is 5. The van der Waals surface area contributed by atoms with Crippen LogP contribution in [0.2, 0.25) is 0 Å². The van der Waals surface area contributed by atoms with Gasteiger partial charge in [-0.25, -0.2) is 0 Å². The maximum absolute atomic E-state index is 13.0. The van der Waals surface area contributed by atoms with E-state index in [1.54, 1.807) is 0 Å². The summed E-state index contributed by atoms with van der Waals surface area (Å²) in [5, 5.41) is 0. The number of likely N-dealkylation sites (N-methyl/N-ethyl adjacent to an activating group) is 1. The first kappa shape index (κ1) is 17.9. The third-order valence-electron chi connectivity index (χ3n) is 5.52. The Hall–Kier alpha value is -2.44. The highest BCUT2D eigenvalue weighted by molar-refractivity contribution is 5.98. The number of rotatable bonds is 4. The van der Waals surface area contributed by atoms with E-state index in [1.165, 1.54) is 0 Å². The molecule has 0 bridgehead atoms. The average molecular weight is 365 g/mol. The van der Waals surface area contributed by atoms with E-state index in [1.807, 2.05) is 41.6 Å². The van der Waals surface area contributed by atoms with E-state index in [0.717, 1.165) is 56.3 Å². The molecule has 0 N–H and O–H groups in total. The molecule has 0 aliphatic carbocycles. The average Bonchev–Trinajstić information content (AvgIpc) is 2.73. The van der Waals surface area contributed by atoms with Crippen molar-refractivity contribution in [3.8, 4) is 0 Å². The van der Waals surface area contributed by atoms with Crippen LogP contribution in [0.15, 0.2) is 48.8 Å². The smallest absolute Gasteiger partial charge is 0.228 e. The predicted molar refractivity (Wildman–Crippen MR) is 109 cm³/mol. The quantitative estimate of drug-likeness (QED) is 0.831. The van der Waals surface area contributed by atoms with E-state index in [4.69, 9.17) is 0 Å². The van der Waals surface area contributed by atoms with E-state index in [2.05, 4.69) is 38.9 Å². The van der Waals surface area contributed by atoms with E-state index in [-0.39, 0.29) is 5.91 Å². The Bertz CT molecular complexity index is 773. The summed E-state index contributed by atoms with van der Waals surface area (Å²) in [7, 11) is 2.15. The molecule has 1 amide bonds. The zero-order chi connectivity index (χ0) is 18.6. The minimum Gasteiger partial charge on any atom is -0.338 e. The molecule has 6 heteroatoms. The Morgan fingerprint density at radius 3 is 2.37 bits per heavy atom. The van der Waals surface area contributed by atoms with Crippen LogP contribution < -0.4 is 9.80 Å². The van der Waals surface area contributed by atoms with Crippen LogP contribution in [0.4, 0.5) is 17.1 Å². The second-order valence-corrected chi connectivity index (χ2v) is 7.29. The van der Waals surface area contributed by atoms with Crippen LogP contribution in [0, 0.1) is 0 Å². The van der Waals surface area contributed by atoms with Crippen LogP contribution in [-0.4, -0.2) is 73.6 Å². The fourth-order valence-electron chi connectivity index (χ4n) is 3.87. The minimum atomic E-state index is 0.218. The summed E-state index contributed by atoms with van der Waals surface area (Å²) in [5.41, 5.74) is 3.20. The summed E-state index contributed by atoms with van der Waals surface area (Å²) in [6.45, 7) is 6.62. The number of carbonyl (C=O) groups is 1. The molecule has 1 aromatic heterocycles. The van der Waals surface area contributed by atoms with Crippen molar-refractivity contribution in [2.45, 2.75) is 6.42 Å². The Kier molecular flexibility index (Phi) is 5.36. The number of piperazine rings is 1. The summed E-state index contributed by atoms with van der Waals surface area (Å²) < 4.78 is 0. The van der Waals surface area contributed by atoms with Crippen LogP contribution in [0.3, 0.4) is 0 Å². The lowest BCUT2D eigenvalue weighted by Crippen LogP contribution is -2.47. The number of aromatic nitrogens is 1. The van der Waals surface area contributed by atoms with Crippen molar-refractivity contribution in [1.29, 1.82) is 0 Å². The van der Waals surface area contributed by atoms with Gasteiger partial charge >= 0.3 is 0 Å². The number of pyridine rings is 1. The van der Waals surface area contributed by atoms with Gasteiger partial charge in [-0.2, -0.15) is 0 Å². The first-order chi connectivity index (χ1) is 13.2. The van der Waals surface area contributed by atoms with Crippen LogP contribution in [0.5, 0.6) is 0 Å². The molecular weight excluding hydrogens is 338 g/mol. The molecule has 0 atom stereocenters. The number of hydrogen-bond donors (Lipinski definition) is 0. The van der Waals surface area contributed by atoms with Gasteiger partial charge < -0.3 is 19.6 Å². The predicted octanol–water partition coefficient (Wildman–Crippen LogP) is 2.20. The highest BCUT2D eigenvalue weighted by atomic mass is 16.2. The fourth-order valence-corrected chi connectivity index (χ4v) is 3.87. The summed E-state index contributed by atoms with van der Waals surface area (Å²) in [5.74, 6) is 0.218. The Morgan fingerprint density at radius 1 is 0.926 bits per heavy atom. The molecule has 1 fully saturated rings. The number of carbonyl (C=O) groups excluding carboxylic acids is 1. The lowest BCUT2D eigenvalue weighted by Gasteiger charge is -2.38. The summed E-state index contributed by atoms with van der Waals surface area (Å²) in [6, 6.07) is 12.2. The molecule has 0 radical (unpaired) electrons. The van der Waals surface area contributed by atoms with Gasteiger partial charge in [0.1, 0.15) is 0 Å². The van der Waals surface area contributed by atoms with Gasteiger partial charge in [-0.15, -0.1) is 0 Å². The third-order valence-corrected chi connectivity index (χ3v) is 5.52. The van der Waals surface area contributed by atoms with Gasteiger partial charge in [0.15, 0.2) is 0 Å². The van der Waals surface area contributed by atoms with Gasteiger partial charge in [0.2, 0.25) is 5.91 Å². The molecule has 3 heterocycles. The molecule has 2 aliphatic rings. The van der Waals surface area contributed by atoms with Crippen LogP contribution >= 0.6 is 0 Å². The number of hydrogen-bond acceptors (Lipinski definition) is 5. The largest absolute Gasteiger partial charge is 0.338 e. The number of amides is 1. The molecule has 1 saturated heterocycles. The molecular formula is C21H27N5O. The van der Waals surface area contributed by atoms with Gasteiger partial charge in [0, 0.05) is 70.3 Å².